The van der Waals surface area contributed by atoms with E-state index in [2.05, 4.69) is 0 Å². The van der Waals surface area contributed by atoms with Crippen molar-refractivity contribution in [2.24, 2.45) is 0 Å². The minimum Gasteiger partial charge on any atom is -0.463 e. The van der Waals surface area contributed by atoms with Gasteiger partial charge >= 0.3 is 5.97 Å². The maximum absolute atomic E-state index is 12.2. The molecule has 31 heavy (non-hydrogen) atoms. The lowest BCUT2D eigenvalue weighted by atomic mass is 10.1. The summed E-state index contributed by atoms with van der Waals surface area (Å²) in [5.74, 6) is -0.514. The van der Waals surface area contributed by atoms with E-state index in [1.165, 1.54) is 0 Å². The highest BCUT2D eigenvalue weighted by atomic mass is 32.2. The number of carbonyl (C=O) groups excluding carboxylic acids is 1. The molecule has 0 saturated carbocycles. The maximum atomic E-state index is 12.2. The molecule has 2 aromatic carbocycles. The van der Waals surface area contributed by atoms with Crippen LogP contribution < -0.4 is 0 Å². The van der Waals surface area contributed by atoms with Crippen LogP contribution in [-0.4, -0.2) is 54.7 Å². The lowest BCUT2D eigenvalue weighted by Gasteiger charge is -2.13. The quantitative estimate of drug-likeness (QED) is 0.518. The van der Waals surface area contributed by atoms with Crippen molar-refractivity contribution in [1.82, 2.24) is 4.57 Å². The van der Waals surface area contributed by atoms with Crippen molar-refractivity contribution < 1.29 is 28.2 Å². The second kappa shape index (κ2) is 9.47. The van der Waals surface area contributed by atoms with E-state index in [1.54, 1.807) is 24.3 Å². The van der Waals surface area contributed by atoms with Gasteiger partial charge in [0.05, 0.1) is 23.6 Å². The van der Waals surface area contributed by atoms with Gasteiger partial charge in [-0.25, -0.2) is 8.42 Å². The van der Waals surface area contributed by atoms with E-state index in [9.17, 15) is 18.3 Å². The van der Waals surface area contributed by atoms with Gasteiger partial charge in [0.1, 0.15) is 12.7 Å². The van der Waals surface area contributed by atoms with Crippen molar-refractivity contribution in [3.63, 3.8) is 0 Å². The van der Waals surface area contributed by atoms with Crippen molar-refractivity contribution in [2.75, 3.05) is 19.5 Å². The molecular formula is C23H25NO6S. The number of sulfone groups is 1. The summed E-state index contributed by atoms with van der Waals surface area (Å²) in [6.07, 6.45) is 0.0528. The molecule has 0 bridgehead atoms. The highest BCUT2D eigenvalue weighted by Gasteiger charge is 2.19. The molecule has 0 saturated heterocycles. The highest BCUT2D eigenvalue weighted by Crippen LogP contribution is 2.30. The maximum Gasteiger partial charge on any atom is 0.310 e. The Morgan fingerprint density at radius 3 is 2.32 bits per heavy atom. The SMILES string of the molecule is Cc1c(CC(=O)OCC(O)CO)cc(-c2ccc(S(C)(=O)=O)cc2)n1-c1ccccc1. The van der Waals surface area contributed by atoms with Crippen LogP contribution >= 0.6 is 0 Å². The zero-order valence-corrected chi connectivity index (χ0v) is 18.2. The third-order valence-electron chi connectivity index (χ3n) is 4.93. The number of aliphatic hydroxyl groups is 2. The highest BCUT2D eigenvalue weighted by molar-refractivity contribution is 7.90. The fraction of sp³-hybridized carbons (Fsp3) is 0.261. The number of esters is 1. The standard InChI is InChI=1S/C23H25NO6S/c1-16-18(13-23(27)30-15-20(26)14-25)12-22(24(16)19-6-4-3-5-7-19)17-8-10-21(11-9-17)31(2,28)29/h3-12,20,25-26H,13-15H2,1-2H3. The number of rotatable bonds is 8. The summed E-state index contributed by atoms with van der Waals surface area (Å²) < 4.78 is 30.6. The summed E-state index contributed by atoms with van der Waals surface area (Å²) >= 11 is 0. The van der Waals surface area contributed by atoms with Gasteiger partial charge < -0.3 is 19.5 Å². The molecule has 3 aromatic rings. The van der Waals surface area contributed by atoms with Crippen LogP contribution in [0.15, 0.2) is 65.6 Å². The number of aromatic nitrogens is 1. The third-order valence-corrected chi connectivity index (χ3v) is 6.06. The smallest absolute Gasteiger partial charge is 0.310 e. The van der Waals surface area contributed by atoms with Crippen LogP contribution in [0.2, 0.25) is 0 Å². The first kappa shape index (κ1) is 22.7. The Kier molecular flexibility index (Phi) is 6.94. The summed E-state index contributed by atoms with van der Waals surface area (Å²) in [5, 5.41) is 18.2. The molecule has 1 heterocycles. The molecule has 0 radical (unpaired) electrons. The van der Waals surface area contributed by atoms with Gasteiger partial charge in [0.15, 0.2) is 9.84 Å². The van der Waals surface area contributed by atoms with Crippen LogP contribution in [0.4, 0.5) is 0 Å². The summed E-state index contributed by atoms with van der Waals surface area (Å²) in [5.41, 5.74) is 4.09. The summed E-state index contributed by atoms with van der Waals surface area (Å²) in [7, 11) is -3.30. The van der Waals surface area contributed by atoms with Crippen molar-refractivity contribution in [2.45, 2.75) is 24.3 Å². The number of nitrogens with zero attached hydrogens (tertiary/aromatic N) is 1. The summed E-state index contributed by atoms with van der Waals surface area (Å²) in [4.78, 5) is 12.5. The number of hydrogen-bond acceptors (Lipinski definition) is 6. The second-order valence-corrected chi connectivity index (χ2v) is 9.32. The normalized spacial score (nSPS) is 12.5. The van der Waals surface area contributed by atoms with Gasteiger partial charge in [-0.3, -0.25) is 4.79 Å². The van der Waals surface area contributed by atoms with Crippen LogP contribution in [0.25, 0.3) is 16.9 Å². The Hall–Kier alpha value is -2.94. The molecule has 164 valence electrons. The van der Waals surface area contributed by atoms with Gasteiger partial charge in [-0.2, -0.15) is 0 Å². The summed E-state index contributed by atoms with van der Waals surface area (Å²) in [6, 6.07) is 18.1. The fourth-order valence-corrected chi connectivity index (χ4v) is 3.91. The first-order valence-corrected chi connectivity index (χ1v) is 11.6. The fourth-order valence-electron chi connectivity index (χ4n) is 3.28. The molecule has 1 aromatic heterocycles. The van der Waals surface area contributed by atoms with Gasteiger partial charge in [-0.15, -0.1) is 0 Å². The predicted octanol–water partition coefficient (Wildman–Crippen LogP) is 2.30. The Labute approximate surface area is 181 Å². The summed E-state index contributed by atoms with van der Waals surface area (Å²) in [6.45, 7) is 1.14. The van der Waals surface area contributed by atoms with Gasteiger partial charge in [0, 0.05) is 17.6 Å². The zero-order valence-electron chi connectivity index (χ0n) is 17.4. The van der Waals surface area contributed by atoms with E-state index in [-0.39, 0.29) is 17.9 Å². The van der Waals surface area contributed by atoms with Crippen LogP contribution in [0, 0.1) is 6.92 Å². The third kappa shape index (κ3) is 5.41. The largest absolute Gasteiger partial charge is 0.463 e. The molecule has 8 heteroatoms. The molecule has 0 aliphatic carbocycles. The minimum atomic E-state index is -3.30. The number of carbonyl (C=O) groups is 1. The number of hydrogen-bond donors (Lipinski definition) is 2. The van der Waals surface area contributed by atoms with Crippen LogP contribution in [0.3, 0.4) is 0 Å². The average Bonchev–Trinajstić information content (AvgIpc) is 3.08. The average molecular weight is 444 g/mol. The van der Waals surface area contributed by atoms with E-state index < -0.39 is 28.5 Å². The first-order chi connectivity index (χ1) is 14.7. The monoisotopic (exact) mass is 443 g/mol. The van der Waals surface area contributed by atoms with Crippen molar-refractivity contribution >= 4 is 15.8 Å². The molecule has 0 fully saturated rings. The molecule has 1 atom stereocenters. The Bertz CT molecular complexity index is 1150. The molecule has 0 spiro atoms. The van der Waals surface area contributed by atoms with Crippen LogP contribution in [0.1, 0.15) is 11.3 Å². The van der Waals surface area contributed by atoms with Gasteiger partial charge in [-0.05, 0) is 48.4 Å². The molecule has 2 N–H and O–H groups in total. The number of benzene rings is 2. The first-order valence-electron chi connectivity index (χ1n) is 9.72. The molecule has 0 aliphatic rings. The molecule has 0 aliphatic heterocycles. The van der Waals surface area contributed by atoms with E-state index in [0.29, 0.717) is 0 Å². The Morgan fingerprint density at radius 1 is 1.10 bits per heavy atom. The minimum absolute atomic E-state index is 0.00175. The lowest BCUT2D eigenvalue weighted by molar-refractivity contribution is -0.146. The van der Waals surface area contributed by atoms with E-state index in [1.807, 2.05) is 47.9 Å². The number of ether oxygens (including phenoxy) is 1. The second-order valence-electron chi connectivity index (χ2n) is 7.30. The van der Waals surface area contributed by atoms with E-state index in [4.69, 9.17) is 9.84 Å². The van der Waals surface area contributed by atoms with Crippen LogP contribution in [-0.2, 0) is 25.8 Å². The number of para-hydroxylation sites is 1. The molecule has 3 rings (SSSR count). The zero-order chi connectivity index (χ0) is 22.6. The lowest BCUT2D eigenvalue weighted by Crippen LogP contribution is -2.22. The van der Waals surface area contributed by atoms with Crippen molar-refractivity contribution in [3.8, 4) is 16.9 Å². The molecule has 1 unspecified atom stereocenters. The topological polar surface area (TPSA) is 106 Å². The van der Waals surface area contributed by atoms with Gasteiger partial charge in [0.2, 0.25) is 0 Å². The van der Waals surface area contributed by atoms with Crippen LogP contribution in [0.5, 0.6) is 0 Å². The Morgan fingerprint density at radius 2 is 1.74 bits per heavy atom. The predicted molar refractivity (Wildman–Crippen MR) is 117 cm³/mol. The van der Waals surface area contributed by atoms with Gasteiger partial charge in [0.25, 0.3) is 0 Å². The Balaban J connectivity index is 2.00. The van der Waals surface area contributed by atoms with Gasteiger partial charge in [-0.1, -0.05) is 30.3 Å². The molecular weight excluding hydrogens is 418 g/mol. The van der Waals surface area contributed by atoms with E-state index in [0.717, 1.165) is 34.5 Å². The van der Waals surface area contributed by atoms with E-state index >= 15 is 0 Å². The molecule has 0 amide bonds. The van der Waals surface area contributed by atoms with Crippen molar-refractivity contribution in [3.05, 3.63) is 71.9 Å². The van der Waals surface area contributed by atoms with Crippen molar-refractivity contribution in [1.29, 1.82) is 0 Å². The molecule has 7 nitrogen and oxygen atoms in total. The number of aliphatic hydroxyl groups excluding tert-OH is 2.